The summed E-state index contributed by atoms with van der Waals surface area (Å²) in [6.45, 7) is 3.69. The van der Waals surface area contributed by atoms with Gasteiger partial charge in [-0.1, -0.05) is 0 Å². The number of nitrogens with zero attached hydrogens (tertiary/aromatic N) is 2. The molecule has 1 aromatic rings. The quantitative estimate of drug-likeness (QED) is 0.827. The largest absolute Gasteiger partial charge is 0.379 e. The van der Waals surface area contributed by atoms with E-state index in [1.165, 1.54) is 4.88 Å². The van der Waals surface area contributed by atoms with Crippen LogP contribution in [0.15, 0.2) is 6.20 Å². The summed E-state index contributed by atoms with van der Waals surface area (Å²) in [5.74, 6) is 0. The Bertz CT molecular complexity index is 315. The highest BCUT2D eigenvalue weighted by Crippen LogP contribution is 2.18. The molecule has 0 amide bonds. The van der Waals surface area contributed by atoms with Gasteiger partial charge >= 0.3 is 0 Å². The molecule has 0 saturated carbocycles. The molecule has 0 radical (unpaired) electrons. The van der Waals surface area contributed by atoms with Crippen molar-refractivity contribution in [1.82, 2.24) is 9.88 Å². The zero-order valence-electron chi connectivity index (χ0n) is 8.98. The Morgan fingerprint density at radius 1 is 1.73 bits per heavy atom. The first-order valence-corrected chi connectivity index (χ1v) is 6.00. The normalized spacial score (nSPS) is 22.4. The van der Waals surface area contributed by atoms with Crippen LogP contribution in [0.4, 0.5) is 0 Å². The van der Waals surface area contributed by atoms with E-state index in [1.807, 2.05) is 6.20 Å². The van der Waals surface area contributed by atoms with E-state index in [2.05, 4.69) is 9.88 Å². The minimum Gasteiger partial charge on any atom is -0.379 e. The molecule has 5 heteroatoms. The first-order chi connectivity index (χ1) is 7.28. The third-order valence-electron chi connectivity index (χ3n) is 2.56. The van der Waals surface area contributed by atoms with Crippen molar-refractivity contribution in [3.63, 3.8) is 0 Å². The lowest BCUT2D eigenvalue weighted by Crippen LogP contribution is -2.26. The van der Waals surface area contributed by atoms with Gasteiger partial charge in [-0.25, -0.2) is 4.98 Å². The van der Waals surface area contributed by atoms with E-state index < -0.39 is 0 Å². The smallest absolute Gasteiger partial charge is 0.107 e. The maximum atomic E-state index is 5.85. The van der Waals surface area contributed by atoms with Gasteiger partial charge in [-0.3, -0.25) is 4.90 Å². The number of thiazole rings is 1. The molecule has 1 aliphatic rings. The fourth-order valence-corrected chi connectivity index (χ4v) is 2.76. The molecule has 84 valence electrons. The molecular weight excluding hydrogens is 210 g/mol. The average Bonchev–Trinajstić information content (AvgIpc) is 2.78. The molecule has 15 heavy (non-hydrogen) atoms. The molecule has 1 fully saturated rings. The van der Waals surface area contributed by atoms with Crippen LogP contribution in [0.3, 0.4) is 0 Å². The highest BCUT2D eigenvalue weighted by Gasteiger charge is 2.19. The lowest BCUT2D eigenvalue weighted by atomic mass is 10.3. The van der Waals surface area contributed by atoms with E-state index in [0.717, 1.165) is 31.1 Å². The van der Waals surface area contributed by atoms with Gasteiger partial charge in [0.2, 0.25) is 0 Å². The van der Waals surface area contributed by atoms with Crippen molar-refractivity contribution in [1.29, 1.82) is 0 Å². The molecule has 4 nitrogen and oxygen atoms in total. The van der Waals surface area contributed by atoms with Crippen molar-refractivity contribution in [3.8, 4) is 0 Å². The van der Waals surface area contributed by atoms with Crippen LogP contribution in [0.5, 0.6) is 0 Å². The summed E-state index contributed by atoms with van der Waals surface area (Å²) in [4.78, 5) is 7.93. The molecule has 0 spiro atoms. The lowest BCUT2D eigenvalue weighted by molar-refractivity contribution is 0.187. The molecule has 0 aromatic carbocycles. The first kappa shape index (κ1) is 11.0. The summed E-state index contributed by atoms with van der Waals surface area (Å²) < 4.78 is 5.07. The van der Waals surface area contributed by atoms with E-state index in [1.54, 1.807) is 18.4 Å². The Morgan fingerprint density at radius 2 is 2.60 bits per heavy atom. The second-order valence-corrected chi connectivity index (χ2v) is 5.14. The average molecular weight is 227 g/mol. The Labute approximate surface area is 94.1 Å². The van der Waals surface area contributed by atoms with Crippen LogP contribution in [0.2, 0.25) is 0 Å². The molecule has 0 bridgehead atoms. The van der Waals surface area contributed by atoms with Gasteiger partial charge in [-0.2, -0.15) is 0 Å². The summed E-state index contributed by atoms with van der Waals surface area (Å²) in [6, 6.07) is 0.350. The van der Waals surface area contributed by atoms with Gasteiger partial charge in [-0.05, 0) is 6.42 Å². The molecule has 1 aliphatic heterocycles. The van der Waals surface area contributed by atoms with Gasteiger partial charge in [-0.15, -0.1) is 11.3 Å². The van der Waals surface area contributed by atoms with Crippen LogP contribution in [0, 0.1) is 0 Å². The lowest BCUT2D eigenvalue weighted by Gasteiger charge is -2.12. The molecule has 0 aliphatic carbocycles. The Balaban J connectivity index is 1.87. The van der Waals surface area contributed by atoms with Crippen molar-refractivity contribution < 1.29 is 4.74 Å². The van der Waals surface area contributed by atoms with Gasteiger partial charge in [0.15, 0.2) is 0 Å². The summed E-state index contributed by atoms with van der Waals surface area (Å²) in [5.41, 5.74) is 5.85. The maximum Gasteiger partial charge on any atom is 0.107 e. The SMILES string of the molecule is COCc1cnc(CN2CCC(N)C2)s1. The van der Waals surface area contributed by atoms with E-state index in [0.29, 0.717) is 12.6 Å². The van der Waals surface area contributed by atoms with Crippen LogP contribution in [0.1, 0.15) is 16.3 Å². The van der Waals surface area contributed by atoms with Crippen LogP contribution in [-0.4, -0.2) is 36.1 Å². The minimum atomic E-state index is 0.350. The van der Waals surface area contributed by atoms with Crippen molar-refractivity contribution >= 4 is 11.3 Å². The third-order valence-corrected chi connectivity index (χ3v) is 3.51. The van der Waals surface area contributed by atoms with Crippen molar-refractivity contribution in [2.24, 2.45) is 5.73 Å². The number of rotatable bonds is 4. The number of ether oxygens (including phenoxy) is 1. The highest BCUT2D eigenvalue weighted by atomic mass is 32.1. The van der Waals surface area contributed by atoms with E-state index >= 15 is 0 Å². The van der Waals surface area contributed by atoms with Crippen molar-refractivity contribution in [2.75, 3.05) is 20.2 Å². The summed E-state index contributed by atoms with van der Waals surface area (Å²) >= 11 is 1.73. The standard InChI is InChI=1S/C10H17N3OS/c1-14-7-9-4-12-10(15-9)6-13-3-2-8(11)5-13/h4,8H,2-3,5-7,11H2,1H3. The Kier molecular flexibility index (Phi) is 3.69. The maximum absolute atomic E-state index is 5.85. The zero-order chi connectivity index (χ0) is 10.7. The minimum absolute atomic E-state index is 0.350. The second kappa shape index (κ2) is 5.03. The number of nitrogens with two attached hydrogens (primary N) is 1. The van der Waals surface area contributed by atoms with Crippen LogP contribution in [0.25, 0.3) is 0 Å². The molecule has 2 N–H and O–H groups in total. The summed E-state index contributed by atoms with van der Waals surface area (Å²) in [7, 11) is 1.71. The zero-order valence-corrected chi connectivity index (χ0v) is 9.80. The molecule has 1 aromatic heterocycles. The Morgan fingerprint density at radius 3 is 3.27 bits per heavy atom. The van der Waals surface area contributed by atoms with E-state index in [4.69, 9.17) is 10.5 Å². The van der Waals surface area contributed by atoms with E-state index in [9.17, 15) is 0 Å². The van der Waals surface area contributed by atoms with E-state index in [-0.39, 0.29) is 0 Å². The molecule has 1 unspecified atom stereocenters. The van der Waals surface area contributed by atoms with Crippen LogP contribution < -0.4 is 5.73 Å². The Hall–Kier alpha value is -0.490. The number of likely N-dealkylation sites (tertiary alicyclic amines) is 1. The predicted molar refractivity (Wildman–Crippen MR) is 60.7 cm³/mol. The molecule has 1 atom stereocenters. The van der Waals surface area contributed by atoms with Gasteiger partial charge in [0.25, 0.3) is 0 Å². The highest BCUT2D eigenvalue weighted by molar-refractivity contribution is 7.11. The molecular formula is C10H17N3OS. The number of hydrogen-bond acceptors (Lipinski definition) is 5. The fraction of sp³-hybridized carbons (Fsp3) is 0.700. The predicted octanol–water partition coefficient (Wildman–Crippen LogP) is 0.823. The fourth-order valence-electron chi connectivity index (χ4n) is 1.83. The number of hydrogen-bond donors (Lipinski definition) is 1. The summed E-state index contributed by atoms with van der Waals surface area (Å²) in [5, 5.41) is 1.16. The van der Waals surface area contributed by atoms with Crippen molar-refractivity contribution in [3.05, 3.63) is 16.1 Å². The monoisotopic (exact) mass is 227 g/mol. The van der Waals surface area contributed by atoms with Gasteiger partial charge < -0.3 is 10.5 Å². The molecule has 2 heterocycles. The second-order valence-electron chi connectivity index (χ2n) is 3.94. The molecule has 1 saturated heterocycles. The number of aromatic nitrogens is 1. The third kappa shape index (κ3) is 2.98. The van der Waals surface area contributed by atoms with Crippen molar-refractivity contribution in [2.45, 2.75) is 25.6 Å². The van der Waals surface area contributed by atoms with Gasteiger partial charge in [0, 0.05) is 32.4 Å². The topological polar surface area (TPSA) is 51.4 Å². The summed E-state index contributed by atoms with van der Waals surface area (Å²) in [6.07, 6.45) is 3.01. The first-order valence-electron chi connectivity index (χ1n) is 5.18. The molecule has 2 rings (SSSR count). The van der Waals surface area contributed by atoms with Gasteiger partial charge in [0.05, 0.1) is 18.0 Å². The number of methoxy groups -OCH3 is 1. The van der Waals surface area contributed by atoms with Gasteiger partial charge in [0.1, 0.15) is 5.01 Å². The van der Waals surface area contributed by atoms with Crippen LogP contribution in [-0.2, 0) is 17.9 Å². The van der Waals surface area contributed by atoms with Crippen LogP contribution >= 0.6 is 11.3 Å².